The van der Waals surface area contributed by atoms with Crippen LogP contribution in [0.25, 0.3) is 6.08 Å². The number of nitrogens with two attached hydrogens (primary N) is 1. The molecule has 0 aliphatic carbocycles. The summed E-state index contributed by atoms with van der Waals surface area (Å²) in [5.74, 6) is 0. The number of hydrogen-bond acceptors (Lipinski definition) is 2. The van der Waals surface area contributed by atoms with Crippen molar-refractivity contribution < 1.29 is 0 Å². The van der Waals surface area contributed by atoms with E-state index >= 15 is 0 Å². The molecule has 13 heavy (non-hydrogen) atoms. The van der Waals surface area contributed by atoms with Gasteiger partial charge in [-0.05, 0) is 35.9 Å². The summed E-state index contributed by atoms with van der Waals surface area (Å²) in [6.45, 7) is 4.56. The van der Waals surface area contributed by atoms with Crippen molar-refractivity contribution >= 4 is 22.0 Å². The highest BCUT2D eigenvalue weighted by Gasteiger charge is 2.07. The zero-order valence-electron chi connectivity index (χ0n) is 8.13. The van der Waals surface area contributed by atoms with Crippen LogP contribution in [0.4, 0.5) is 0 Å². The molecule has 0 radical (unpaired) electrons. The van der Waals surface area contributed by atoms with Gasteiger partial charge in [-0.15, -0.1) is 0 Å². The second kappa shape index (κ2) is 4.07. The molecule has 0 atom stereocenters. The lowest BCUT2D eigenvalue weighted by Gasteiger charge is -1.98. The molecule has 1 rings (SSSR count). The average molecular weight is 244 g/mol. The highest BCUT2D eigenvalue weighted by atomic mass is 79.9. The van der Waals surface area contributed by atoms with E-state index in [9.17, 15) is 0 Å². The van der Waals surface area contributed by atoms with Crippen molar-refractivity contribution in [1.29, 1.82) is 0 Å². The van der Waals surface area contributed by atoms with E-state index < -0.39 is 0 Å². The maximum atomic E-state index is 5.51. The molecule has 1 heterocycles. The lowest BCUT2D eigenvalue weighted by atomic mass is 10.2. The number of hydrogen-bond donors (Lipinski definition) is 1. The van der Waals surface area contributed by atoms with Gasteiger partial charge in [0.05, 0.1) is 15.9 Å². The van der Waals surface area contributed by atoms with Crippen molar-refractivity contribution in [2.75, 3.05) is 6.54 Å². The number of nitrogens with zero attached hydrogens (tertiary/aromatic N) is 2. The molecule has 0 spiro atoms. The molecule has 0 fully saturated rings. The Morgan fingerprint density at radius 2 is 2.31 bits per heavy atom. The SMILES string of the molecule is C/C(=C\c1c(Br)c(C)nn1C)CN. The first kappa shape index (κ1) is 10.5. The molecule has 0 amide bonds. The monoisotopic (exact) mass is 243 g/mol. The van der Waals surface area contributed by atoms with Crippen LogP contribution in [0.15, 0.2) is 10.0 Å². The van der Waals surface area contributed by atoms with Gasteiger partial charge in [0.2, 0.25) is 0 Å². The first-order chi connectivity index (χ1) is 6.06. The largest absolute Gasteiger partial charge is 0.327 e. The molecule has 1 aromatic heterocycles. The predicted molar refractivity (Wildman–Crippen MR) is 58.4 cm³/mol. The van der Waals surface area contributed by atoms with Gasteiger partial charge in [-0.2, -0.15) is 5.10 Å². The Labute approximate surface area is 86.7 Å². The van der Waals surface area contributed by atoms with Crippen LogP contribution in [-0.4, -0.2) is 16.3 Å². The van der Waals surface area contributed by atoms with E-state index in [0.29, 0.717) is 6.54 Å². The molecule has 4 heteroatoms. The number of aryl methyl sites for hydroxylation is 2. The second-order valence-corrected chi connectivity index (χ2v) is 3.90. The number of halogens is 1. The summed E-state index contributed by atoms with van der Waals surface area (Å²) in [5.41, 5.74) is 8.72. The van der Waals surface area contributed by atoms with Crippen LogP contribution in [0.3, 0.4) is 0 Å². The van der Waals surface area contributed by atoms with Gasteiger partial charge in [-0.3, -0.25) is 4.68 Å². The molecular weight excluding hydrogens is 230 g/mol. The lowest BCUT2D eigenvalue weighted by Crippen LogP contribution is -2.01. The molecule has 1 aromatic rings. The molecule has 0 aromatic carbocycles. The fourth-order valence-corrected chi connectivity index (χ4v) is 1.55. The van der Waals surface area contributed by atoms with E-state index in [1.807, 2.05) is 31.7 Å². The van der Waals surface area contributed by atoms with Gasteiger partial charge in [0, 0.05) is 13.6 Å². The van der Waals surface area contributed by atoms with Gasteiger partial charge in [0.1, 0.15) is 0 Å². The Bertz CT molecular complexity index is 339. The molecule has 0 saturated heterocycles. The van der Waals surface area contributed by atoms with Gasteiger partial charge in [-0.25, -0.2) is 0 Å². The third-order valence-electron chi connectivity index (χ3n) is 1.90. The molecule has 0 aliphatic rings. The third-order valence-corrected chi connectivity index (χ3v) is 2.88. The molecule has 0 bridgehead atoms. The third kappa shape index (κ3) is 2.19. The summed E-state index contributed by atoms with van der Waals surface area (Å²) in [6.07, 6.45) is 2.05. The Hall–Kier alpha value is -0.610. The Morgan fingerprint density at radius 3 is 2.69 bits per heavy atom. The molecule has 2 N–H and O–H groups in total. The Morgan fingerprint density at radius 1 is 1.69 bits per heavy atom. The number of rotatable bonds is 2. The van der Waals surface area contributed by atoms with Crippen molar-refractivity contribution in [1.82, 2.24) is 9.78 Å². The smallest absolute Gasteiger partial charge is 0.0751 e. The summed E-state index contributed by atoms with van der Waals surface area (Å²) in [7, 11) is 1.92. The van der Waals surface area contributed by atoms with Crippen LogP contribution in [-0.2, 0) is 7.05 Å². The van der Waals surface area contributed by atoms with Gasteiger partial charge >= 0.3 is 0 Å². The fourth-order valence-electron chi connectivity index (χ4n) is 1.10. The topological polar surface area (TPSA) is 43.8 Å². The average Bonchev–Trinajstić information content (AvgIpc) is 2.32. The molecular formula is C9H14BrN3. The minimum absolute atomic E-state index is 0.580. The van der Waals surface area contributed by atoms with E-state index in [4.69, 9.17) is 5.73 Å². The van der Waals surface area contributed by atoms with Crippen LogP contribution in [0.5, 0.6) is 0 Å². The van der Waals surface area contributed by atoms with Crippen LogP contribution < -0.4 is 5.73 Å². The van der Waals surface area contributed by atoms with Crippen molar-refractivity contribution in [3.63, 3.8) is 0 Å². The first-order valence-corrected chi connectivity index (χ1v) is 4.92. The maximum Gasteiger partial charge on any atom is 0.0751 e. The molecule has 0 saturated carbocycles. The van der Waals surface area contributed by atoms with Crippen molar-refractivity contribution in [3.8, 4) is 0 Å². The Balaban J connectivity index is 3.14. The summed E-state index contributed by atoms with van der Waals surface area (Å²) in [4.78, 5) is 0. The summed E-state index contributed by atoms with van der Waals surface area (Å²) in [5, 5.41) is 4.28. The normalized spacial score (nSPS) is 12.2. The van der Waals surface area contributed by atoms with E-state index in [2.05, 4.69) is 21.0 Å². The van der Waals surface area contributed by atoms with Gasteiger partial charge in [-0.1, -0.05) is 5.57 Å². The number of aromatic nitrogens is 2. The fraction of sp³-hybridized carbons (Fsp3) is 0.444. The van der Waals surface area contributed by atoms with Crippen molar-refractivity contribution in [3.05, 3.63) is 21.4 Å². The Kier molecular flexibility index (Phi) is 3.27. The van der Waals surface area contributed by atoms with Crippen LogP contribution in [0, 0.1) is 6.92 Å². The quantitative estimate of drug-likeness (QED) is 0.862. The molecule has 0 unspecified atom stereocenters. The van der Waals surface area contributed by atoms with Crippen LogP contribution in [0.2, 0.25) is 0 Å². The molecule has 3 nitrogen and oxygen atoms in total. The van der Waals surface area contributed by atoms with Gasteiger partial charge in [0.15, 0.2) is 0 Å². The first-order valence-electron chi connectivity index (χ1n) is 4.12. The minimum atomic E-state index is 0.580. The van der Waals surface area contributed by atoms with Crippen molar-refractivity contribution in [2.24, 2.45) is 12.8 Å². The van der Waals surface area contributed by atoms with E-state index in [1.54, 1.807) is 0 Å². The maximum absolute atomic E-state index is 5.51. The standard InChI is InChI=1S/C9H14BrN3/c1-6(5-11)4-8-9(10)7(2)12-13(8)3/h4H,5,11H2,1-3H3/b6-4+. The van der Waals surface area contributed by atoms with E-state index in [1.165, 1.54) is 0 Å². The van der Waals surface area contributed by atoms with Gasteiger partial charge in [0.25, 0.3) is 0 Å². The highest BCUT2D eigenvalue weighted by molar-refractivity contribution is 9.10. The predicted octanol–water partition coefficient (Wildman–Crippen LogP) is 1.85. The minimum Gasteiger partial charge on any atom is -0.327 e. The zero-order valence-corrected chi connectivity index (χ0v) is 9.72. The van der Waals surface area contributed by atoms with Gasteiger partial charge < -0.3 is 5.73 Å². The lowest BCUT2D eigenvalue weighted by molar-refractivity contribution is 0.748. The second-order valence-electron chi connectivity index (χ2n) is 3.10. The summed E-state index contributed by atoms with van der Waals surface area (Å²) < 4.78 is 2.89. The molecule has 0 aliphatic heterocycles. The van der Waals surface area contributed by atoms with E-state index in [-0.39, 0.29) is 0 Å². The van der Waals surface area contributed by atoms with E-state index in [0.717, 1.165) is 21.4 Å². The highest BCUT2D eigenvalue weighted by Crippen LogP contribution is 2.22. The van der Waals surface area contributed by atoms with Crippen LogP contribution in [0.1, 0.15) is 18.3 Å². The van der Waals surface area contributed by atoms with Crippen molar-refractivity contribution in [2.45, 2.75) is 13.8 Å². The zero-order chi connectivity index (χ0) is 10.0. The summed E-state index contributed by atoms with van der Waals surface area (Å²) >= 11 is 3.49. The molecule has 72 valence electrons. The van der Waals surface area contributed by atoms with Crippen LogP contribution >= 0.6 is 15.9 Å². The summed E-state index contributed by atoms with van der Waals surface area (Å²) in [6, 6.07) is 0.